The molecule has 2 aliphatic heterocycles. The standard InChI is InChI=1S/C19H27N3O4/c1-13-11-16(12-17(19(23)26-3)18(13)22(24)25)20-9-6-15(7-10-20)21-8-4-5-14(21)2/h11-12,14-15H,4-10H2,1-3H3. The van der Waals surface area contributed by atoms with Crippen molar-refractivity contribution in [1.29, 1.82) is 0 Å². The van der Waals surface area contributed by atoms with E-state index in [2.05, 4.69) is 16.7 Å². The molecular formula is C19H27N3O4. The number of nitro groups is 1. The van der Waals surface area contributed by atoms with Crippen molar-refractivity contribution < 1.29 is 14.5 Å². The van der Waals surface area contributed by atoms with E-state index >= 15 is 0 Å². The number of carbonyl (C=O) groups excluding carboxylic acids is 1. The van der Waals surface area contributed by atoms with Crippen LogP contribution in [-0.2, 0) is 4.74 Å². The lowest BCUT2D eigenvalue weighted by molar-refractivity contribution is -0.385. The van der Waals surface area contributed by atoms with Gasteiger partial charge in [-0.05, 0) is 58.2 Å². The van der Waals surface area contributed by atoms with Crippen LogP contribution in [0.2, 0.25) is 0 Å². The summed E-state index contributed by atoms with van der Waals surface area (Å²) in [4.78, 5) is 27.7. The van der Waals surface area contributed by atoms with Crippen molar-refractivity contribution in [2.75, 3.05) is 31.6 Å². The number of carbonyl (C=O) groups is 1. The number of anilines is 1. The van der Waals surface area contributed by atoms with Crippen LogP contribution in [0.15, 0.2) is 12.1 Å². The fourth-order valence-electron chi connectivity index (χ4n) is 4.40. The Bertz CT molecular complexity index is 698. The lowest BCUT2D eigenvalue weighted by Crippen LogP contribution is -2.46. The Labute approximate surface area is 154 Å². The van der Waals surface area contributed by atoms with Crippen LogP contribution >= 0.6 is 0 Å². The molecule has 7 nitrogen and oxygen atoms in total. The molecular weight excluding hydrogens is 334 g/mol. The summed E-state index contributed by atoms with van der Waals surface area (Å²) >= 11 is 0. The summed E-state index contributed by atoms with van der Waals surface area (Å²) in [6, 6.07) is 4.70. The van der Waals surface area contributed by atoms with Crippen LogP contribution in [-0.4, -0.2) is 54.6 Å². The first-order valence-electron chi connectivity index (χ1n) is 9.30. The average molecular weight is 361 g/mol. The van der Waals surface area contributed by atoms with Crippen molar-refractivity contribution >= 4 is 17.3 Å². The highest BCUT2D eigenvalue weighted by Crippen LogP contribution is 2.33. The van der Waals surface area contributed by atoms with Crippen LogP contribution in [0, 0.1) is 17.0 Å². The number of nitro benzene ring substituents is 1. The molecule has 2 heterocycles. The first-order chi connectivity index (χ1) is 12.4. The molecule has 1 atom stereocenters. The van der Waals surface area contributed by atoms with Gasteiger partial charge >= 0.3 is 5.97 Å². The summed E-state index contributed by atoms with van der Waals surface area (Å²) < 4.78 is 4.75. The summed E-state index contributed by atoms with van der Waals surface area (Å²) in [6.45, 7) is 6.96. The molecule has 3 rings (SSSR count). The van der Waals surface area contributed by atoms with E-state index in [1.54, 1.807) is 13.0 Å². The van der Waals surface area contributed by atoms with E-state index in [9.17, 15) is 14.9 Å². The van der Waals surface area contributed by atoms with Crippen molar-refractivity contribution in [2.45, 2.75) is 51.6 Å². The molecule has 2 saturated heterocycles. The van der Waals surface area contributed by atoms with Crippen LogP contribution in [0.25, 0.3) is 0 Å². The molecule has 0 amide bonds. The maximum Gasteiger partial charge on any atom is 0.344 e. The Kier molecular flexibility index (Phi) is 5.46. The second kappa shape index (κ2) is 7.61. The van der Waals surface area contributed by atoms with Gasteiger partial charge in [0, 0.05) is 36.4 Å². The third-order valence-electron chi connectivity index (χ3n) is 5.78. The molecule has 0 saturated carbocycles. The van der Waals surface area contributed by atoms with Gasteiger partial charge in [0.1, 0.15) is 5.56 Å². The van der Waals surface area contributed by atoms with E-state index in [1.807, 2.05) is 6.07 Å². The van der Waals surface area contributed by atoms with Crippen LogP contribution in [0.4, 0.5) is 11.4 Å². The molecule has 0 spiro atoms. The maximum atomic E-state index is 12.0. The van der Waals surface area contributed by atoms with Gasteiger partial charge in [0.05, 0.1) is 12.0 Å². The van der Waals surface area contributed by atoms with Gasteiger partial charge in [-0.3, -0.25) is 15.0 Å². The first kappa shape index (κ1) is 18.6. The summed E-state index contributed by atoms with van der Waals surface area (Å²) in [5.74, 6) is -0.664. The number of methoxy groups -OCH3 is 1. The predicted octanol–water partition coefficient (Wildman–Crippen LogP) is 3.14. The largest absolute Gasteiger partial charge is 0.465 e. The number of aryl methyl sites for hydroxylation is 1. The van der Waals surface area contributed by atoms with Crippen LogP contribution in [0.5, 0.6) is 0 Å². The summed E-state index contributed by atoms with van der Waals surface area (Å²) in [7, 11) is 1.25. The minimum absolute atomic E-state index is 0.0304. The van der Waals surface area contributed by atoms with Gasteiger partial charge in [0.15, 0.2) is 0 Å². The van der Waals surface area contributed by atoms with E-state index in [0.717, 1.165) is 31.6 Å². The molecule has 0 aromatic heterocycles. The Morgan fingerprint density at radius 1 is 1.23 bits per heavy atom. The number of hydrogen-bond acceptors (Lipinski definition) is 6. The number of ether oxygens (including phenoxy) is 1. The fourth-order valence-corrected chi connectivity index (χ4v) is 4.40. The molecule has 26 heavy (non-hydrogen) atoms. The molecule has 0 radical (unpaired) electrons. The highest BCUT2D eigenvalue weighted by molar-refractivity contribution is 5.95. The van der Waals surface area contributed by atoms with Gasteiger partial charge in [0.2, 0.25) is 0 Å². The van der Waals surface area contributed by atoms with Crippen molar-refractivity contribution in [1.82, 2.24) is 4.90 Å². The van der Waals surface area contributed by atoms with Crippen LogP contribution in [0.3, 0.4) is 0 Å². The molecule has 7 heteroatoms. The van der Waals surface area contributed by atoms with E-state index < -0.39 is 10.9 Å². The summed E-state index contributed by atoms with van der Waals surface area (Å²) in [5.41, 5.74) is 1.22. The molecule has 1 aromatic carbocycles. The molecule has 1 unspecified atom stereocenters. The first-order valence-corrected chi connectivity index (χ1v) is 9.30. The van der Waals surface area contributed by atoms with Gasteiger partial charge in [-0.15, -0.1) is 0 Å². The number of nitrogens with zero attached hydrogens (tertiary/aromatic N) is 3. The van der Waals surface area contributed by atoms with Crippen molar-refractivity contribution in [3.63, 3.8) is 0 Å². The topological polar surface area (TPSA) is 75.9 Å². The Hall–Kier alpha value is -2.15. The van der Waals surface area contributed by atoms with E-state index in [0.29, 0.717) is 17.6 Å². The fraction of sp³-hybridized carbons (Fsp3) is 0.632. The molecule has 0 bridgehead atoms. The van der Waals surface area contributed by atoms with Crippen molar-refractivity contribution in [3.8, 4) is 0 Å². The highest BCUT2D eigenvalue weighted by Gasteiger charge is 2.32. The monoisotopic (exact) mass is 361 g/mol. The summed E-state index contributed by atoms with van der Waals surface area (Å²) in [6.07, 6.45) is 4.72. The number of hydrogen-bond donors (Lipinski definition) is 0. The van der Waals surface area contributed by atoms with Gasteiger partial charge in [-0.2, -0.15) is 0 Å². The summed E-state index contributed by atoms with van der Waals surface area (Å²) in [5, 5.41) is 11.3. The lowest BCUT2D eigenvalue weighted by Gasteiger charge is -2.39. The molecule has 2 aliphatic rings. The minimum atomic E-state index is -0.664. The number of esters is 1. The number of likely N-dealkylation sites (tertiary alicyclic amines) is 1. The zero-order valence-electron chi connectivity index (χ0n) is 15.7. The van der Waals surface area contributed by atoms with Gasteiger partial charge < -0.3 is 9.64 Å². The zero-order valence-corrected chi connectivity index (χ0v) is 15.7. The second-order valence-corrected chi connectivity index (χ2v) is 7.35. The lowest BCUT2D eigenvalue weighted by atomic mass is 10.00. The van der Waals surface area contributed by atoms with Crippen molar-refractivity contribution in [2.24, 2.45) is 0 Å². The second-order valence-electron chi connectivity index (χ2n) is 7.35. The molecule has 0 N–H and O–H groups in total. The van der Waals surface area contributed by atoms with Gasteiger partial charge in [-0.1, -0.05) is 0 Å². The maximum absolute atomic E-state index is 12.0. The van der Waals surface area contributed by atoms with Crippen LogP contribution < -0.4 is 4.90 Å². The third-order valence-corrected chi connectivity index (χ3v) is 5.78. The Morgan fingerprint density at radius 3 is 2.46 bits per heavy atom. The quantitative estimate of drug-likeness (QED) is 0.466. The minimum Gasteiger partial charge on any atom is -0.465 e. The van der Waals surface area contributed by atoms with E-state index in [1.165, 1.54) is 26.5 Å². The van der Waals surface area contributed by atoms with Crippen LogP contribution in [0.1, 0.15) is 48.5 Å². The number of benzene rings is 1. The van der Waals surface area contributed by atoms with E-state index in [-0.39, 0.29) is 11.3 Å². The zero-order chi connectivity index (χ0) is 18.8. The average Bonchev–Trinajstić information content (AvgIpc) is 3.06. The molecule has 2 fully saturated rings. The number of piperidine rings is 1. The molecule has 0 aliphatic carbocycles. The van der Waals surface area contributed by atoms with E-state index in [4.69, 9.17) is 4.74 Å². The smallest absolute Gasteiger partial charge is 0.344 e. The number of rotatable bonds is 4. The SMILES string of the molecule is COC(=O)c1cc(N2CCC(N3CCCC3C)CC2)cc(C)c1[N+](=O)[O-]. The predicted molar refractivity (Wildman–Crippen MR) is 99.8 cm³/mol. The molecule has 142 valence electrons. The Morgan fingerprint density at radius 2 is 1.92 bits per heavy atom. The normalized spacial score (nSPS) is 21.8. The molecule has 1 aromatic rings. The highest BCUT2D eigenvalue weighted by atomic mass is 16.6. The van der Waals surface area contributed by atoms with Gasteiger partial charge in [-0.25, -0.2) is 4.79 Å². The van der Waals surface area contributed by atoms with Crippen molar-refractivity contribution in [3.05, 3.63) is 33.4 Å². The Balaban J connectivity index is 1.79. The third kappa shape index (κ3) is 3.53. The van der Waals surface area contributed by atoms with Gasteiger partial charge in [0.25, 0.3) is 5.69 Å².